The molecule has 0 aliphatic rings. The number of hydrogen-bond donors (Lipinski definition) is 0. The summed E-state index contributed by atoms with van der Waals surface area (Å²) in [6.45, 7) is 28.4. The van der Waals surface area contributed by atoms with E-state index < -0.39 is 0 Å². The maximum Gasteiger partial charge on any atom is -0.0639 e. The first-order valence-electron chi connectivity index (χ1n) is 12.8. The molecule has 36 heavy (non-hydrogen) atoms. The molecule has 0 bridgehead atoms. The van der Waals surface area contributed by atoms with Gasteiger partial charge in [-0.2, -0.15) is 19.6 Å². The van der Waals surface area contributed by atoms with Crippen LogP contribution in [0.15, 0.2) is 68.1 Å². The fourth-order valence-corrected chi connectivity index (χ4v) is 4.17. The third-order valence-electron chi connectivity index (χ3n) is 7.06. The van der Waals surface area contributed by atoms with E-state index in [2.05, 4.69) is 55.4 Å². The Bertz CT molecular complexity index is 632. The Labute approximate surface area is 256 Å². The average Bonchev–Trinajstić information content (AvgIpc) is 2.93. The number of rotatable bonds is 8. The quantitative estimate of drug-likeness (QED) is 0.223. The van der Waals surface area contributed by atoms with Crippen LogP contribution in [0, 0.1) is 0 Å². The topological polar surface area (TPSA) is 17.1 Å². The van der Waals surface area contributed by atoms with Crippen molar-refractivity contribution in [2.24, 2.45) is 0 Å². The molecule has 0 radical (unpaired) electrons. The molecule has 2 aromatic carbocycles. The van der Waals surface area contributed by atoms with Crippen molar-refractivity contribution >= 4 is 50.5 Å². The van der Waals surface area contributed by atoms with Crippen LogP contribution in [-0.2, 0) is 73.7 Å². The molecule has 8 heteroatoms. The summed E-state index contributed by atoms with van der Waals surface area (Å²) in [6, 6.07) is 14.9. The van der Waals surface area contributed by atoms with Gasteiger partial charge >= 0.3 is 23.2 Å². The van der Waals surface area contributed by atoms with Gasteiger partial charge in [0.1, 0.15) is 0 Å². The monoisotopic (exact) mass is 740 g/mol. The Morgan fingerprint density at radius 2 is 0.583 bits per heavy atom. The molecule has 0 N–H and O–H groups in total. The van der Waals surface area contributed by atoms with Crippen molar-refractivity contribution in [3.63, 3.8) is 0 Å². The third kappa shape index (κ3) is 17.3. The van der Waals surface area contributed by atoms with Gasteiger partial charge in [-0.1, -0.05) is 48.5 Å². The summed E-state index contributed by atoms with van der Waals surface area (Å²) in [5, 5.41) is 0. The number of benzene rings is 2. The fraction of sp³-hybridized carbons (Fsp3) is 0.571. The predicted octanol–water partition coefficient (Wildman–Crippen LogP) is 6.64. The molecular weight excluding hydrogens is 692 g/mol. The minimum absolute atomic E-state index is 0.333. The maximum absolute atomic E-state index is 8.33. The number of nitrogens with zero attached hydrogens (tertiary/aromatic N) is 2. The van der Waals surface area contributed by atoms with E-state index in [0.717, 1.165) is 19.6 Å². The van der Waals surface area contributed by atoms with Gasteiger partial charge in [0, 0.05) is 0 Å². The van der Waals surface area contributed by atoms with Crippen LogP contribution in [0.2, 0.25) is 0 Å². The molecule has 3 nitrogen and oxygen atoms in total. The molecule has 0 saturated heterocycles. The molecule has 0 aromatic heterocycles. The Morgan fingerprint density at radius 3 is 0.639 bits per heavy atom. The molecule has 0 saturated carbocycles. The minimum atomic E-state index is 0.333. The zero-order valence-electron chi connectivity index (χ0n) is 23.6. The summed E-state index contributed by atoms with van der Waals surface area (Å²) < 4.78 is 10.9. The summed E-state index contributed by atoms with van der Waals surface area (Å²) in [7, 11) is 0. The molecule has 0 unspecified atom stereocenters. The van der Waals surface area contributed by atoms with Gasteiger partial charge in [-0.05, 0) is 55.4 Å². The van der Waals surface area contributed by atoms with Crippen LogP contribution >= 0.6 is 0 Å². The van der Waals surface area contributed by atoms with Crippen molar-refractivity contribution in [3.8, 4) is 0 Å². The number of quaternary nitrogens is 2. The molecular formula is C28H48N2OS4W-2. The van der Waals surface area contributed by atoms with Gasteiger partial charge in [-0.25, -0.2) is 0 Å². The molecule has 2 aromatic rings. The van der Waals surface area contributed by atoms with Crippen LogP contribution in [-0.4, -0.2) is 61.3 Å². The number of hydrogen-bond acceptors (Lipinski definition) is 5. The van der Waals surface area contributed by atoms with Gasteiger partial charge in [0.05, 0.1) is 52.4 Å². The first kappa shape index (κ1) is 40.2. The molecule has 2 rings (SSSR count). The summed E-state index contributed by atoms with van der Waals surface area (Å²) in [6.07, 6.45) is 0. The van der Waals surface area contributed by atoms with E-state index in [0.29, 0.717) is 19.8 Å². The Hall–Kier alpha value is -0.272. The second-order valence-electron chi connectivity index (χ2n) is 8.11. The third-order valence-corrected chi connectivity index (χ3v) is 8.75. The normalized spacial score (nSPS) is 10.1. The minimum Gasteiger partial charge on any atom is -0.781 e. The molecule has 0 amide bonds. The van der Waals surface area contributed by atoms with Crippen LogP contribution in [0.4, 0.5) is 0 Å². The maximum atomic E-state index is 8.33. The summed E-state index contributed by atoms with van der Waals surface area (Å²) >= 11 is 19.7. The van der Waals surface area contributed by atoms with Gasteiger partial charge in [0.2, 0.25) is 0 Å². The van der Waals surface area contributed by atoms with E-state index in [9.17, 15) is 0 Å². The second kappa shape index (κ2) is 25.0. The van der Waals surface area contributed by atoms with E-state index in [4.69, 9.17) is 53.9 Å². The van der Waals surface area contributed by atoms with Crippen molar-refractivity contribution in [1.29, 1.82) is 0 Å². The van der Waals surface area contributed by atoms with Crippen LogP contribution in [0.5, 0.6) is 0 Å². The van der Waals surface area contributed by atoms with Gasteiger partial charge < -0.3 is 59.5 Å². The van der Waals surface area contributed by atoms with Crippen molar-refractivity contribution < 1.29 is 32.1 Å². The summed E-state index contributed by atoms with van der Waals surface area (Å²) in [5.74, 6) is 0. The van der Waals surface area contributed by atoms with E-state index in [1.54, 1.807) is 0 Å². The molecule has 208 valence electrons. The Kier molecular flexibility index (Phi) is 28.0. The smallest absolute Gasteiger partial charge is 0.0639 e. The average molecular weight is 741 g/mol. The predicted molar refractivity (Wildman–Crippen MR) is 161 cm³/mol. The van der Waals surface area contributed by atoms with E-state index in [1.165, 1.54) is 61.3 Å². The molecule has 0 heterocycles. The summed E-state index contributed by atoms with van der Waals surface area (Å²) in [4.78, 5) is 3.06. The Balaban J connectivity index is -0.000000394. The van der Waals surface area contributed by atoms with Gasteiger partial charge in [-0.15, -0.1) is 0 Å². The first-order chi connectivity index (χ1) is 17.1. The molecule has 0 atom stereocenters. The first-order valence-corrected chi connectivity index (χ1v) is 15.7. The largest absolute Gasteiger partial charge is 0.781 e. The van der Waals surface area contributed by atoms with Crippen molar-refractivity contribution in [3.05, 3.63) is 48.5 Å². The van der Waals surface area contributed by atoms with Crippen LogP contribution < -0.4 is 0 Å². The van der Waals surface area contributed by atoms with Crippen molar-refractivity contribution in [2.45, 2.75) is 75.0 Å². The zero-order valence-corrected chi connectivity index (χ0v) is 29.8. The second-order valence-corrected chi connectivity index (χ2v) is 9.87. The van der Waals surface area contributed by atoms with Crippen LogP contribution in [0.25, 0.3) is 0 Å². The fourth-order valence-electron chi connectivity index (χ4n) is 3.58. The van der Waals surface area contributed by atoms with Crippen molar-refractivity contribution in [1.82, 2.24) is 0 Å². The van der Waals surface area contributed by atoms with Gasteiger partial charge in [-0.3, -0.25) is 0 Å². The molecule has 0 aliphatic heterocycles. The van der Waals surface area contributed by atoms with E-state index in [1.807, 2.05) is 48.5 Å². The SMILES string of the molecule is CC[N+](CC)(CC)CC.CC[N+](CC)(CC)CC.[O]=[W].[S-]c1ccccc1[S-].[S-]c1ccccc1[S-]. The van der Waals surface area contributed by atoms with Crippen molar-refractivity contribution in [2.75, 3.05) is 52.4 Å². The summed E-state index contributed by atoms with van der Waals surface area (Å²) in [5.41, 5.74) is 0. The molecule has 0 fully saturated rings. The van der Waals surface area contributed by atoms with Crippen LogP contribution in [0.1, 0.15) is 55.4 Å². The Morgan fingerprint density at radius 1 is 0.444 bits per heavy atom. The van der Waals surface area contributed by atoms with Gasteiger partial charge in [0.15, 0.2) is 0 Å². The zero-order chi connectivity index (χ0) is 28.6. The van der Waals surface area contributed by atoms with E-state index >= 15 is 0 Å². The van der Waals surface area contributed by atoms with Gasteiger partial charge in [0.25, 0.3) is 0 Å². The van der Waals surface area contributed by atoms with E-state index in [-0.39, 0.29) is 0 Å². The standard InChI is InChI=1S/2C8H20N.2C6H6S2.O.W/c2*1-5-9(6-2,7-3)8-4;2*7-5-3-1-2-4-6(5)8;;/h2*5-8H2,1-4H3;2*1-4,7-8H;;/q2*+1;;;;/p-4. The van der Waals surface area contributed by atoms with Crippen LogP contribution in [0.3, 0.4) is 0 Å². The molecule has 0 spiro atoms. The molecule has 0 aliphatic carbocycles.